The zero-order chi connectivity index (χ0) is 22.5. The van der Waals surface area contributed by atoms with Crippen molar-refractivity contribution in [3.63, 3.8) is 0 Å². The molecule has 0 spiro atoms. The highest BCUT2D eigenvalue weighted by atomic mass is 19.4. The summed E-state index contributed by atoms with van der Waals surface area (Å²) in [6, 6.07) is -2.80. The van der Waals surface area contributed by atoms with E-state index in [2.05, 4.69) is 20.3 Å². The van der Waals surface area contributed by atoms with E-state index in [9.17, 15) is 31.4 Å². The highest BCUT2D eigenvalue weighted by Crippen LogP contribution is 2.39. The molecule has 0 bridgehead atoms. The Hall–Kier alpha value is -2.11. The minimum atomic E-state index is -4.64. The van der Waals surface area contributed by atoms with Crippen molar-refractivity contribution in [2.45, 2.75) is 69.3 Å². The number of aliphatic hydroxyl groups excluding tert-OH is 1. The van der Waals surface area contributed by atoms with Crippen LogP contribution in [0.5, 0.6) is 0 Å². The van der Waals surface area contributed by atoms with Gasteiger partial charge in [-0.15, -0.1) is 0 Å². The van der Waals surface area contributed by atoms with Crippen LogP contribution in [-0.2, 0) is 0 Å². The first-order valence-corrected chi connectivity index (χ1v) is 8.49. The first-order valence-electron chi connectivity index (χ1n) is 9.49. The number of hydrogen-bond acceptors (Lipinski definition) is 6. The molecule has 2 atom stereocenters. The van der Waals surface area contributed by atoms with E-state index in [1.807, 2.05) is 5.32 Å². The molecule has 0 aliphatic heterocycles. The fourth-order valence-corrected chi connectivity index (χ4v) is 2.79. The molecule has 0 radical (unpaired) electrons. The molecule has 3 rings (SSSR count). The number of hydrogen-bond donors (Lipinski definition) is 3. The molecular weight excluding hydrogens is 392 g/mol. The topological polar surface area (TPSA) is 83.0 Å². The summed E-state index contributed by atoms with van der Waals surface area (Å²) in [4.78, 5) is 11.4. The Morgan fingerprint density at radius 3 is 2.46 bits per heavy atom. The van der Waals surface area contributed by atoms with Gasteiger partial charge in [-0.25, -0.2) is 13.2 Å². The molecule has 3 N–H and O–H groups in total. The number of anilines is 2. The van der Waals surface area contributed by atoms with Gasteiger partial charge in [0.25, 0.3) is 5.92 Å². The number of nitrogens with one attached hydrogen (secondary N) is 2. The molecule has 1 saturated carbocycles. The van der Waals surface area contributed by atoms with Gasteiger partial charge >= 0.3 is 6.18 Å². The first kappa shape index (κ1) is 18.0. The van der Waals surface area contributed by atoms with Crippen LogP contribution in [0, 0.1) is 0 Å². The molecule has 6 nitrogen and oxygen atoms in total. The van der Waals surface area contributed by atoms with Gasteiger partial charge in [0, 0.05) is 27.2 Å². The molecule has 1 fully saturated rings. The summed E-state index contributed by atoms with van der Waals surface area (Å²) in [7, 11) is 0. The van der Waals surface area contributed by atoms with Crippen LogP contribution < -0.4 is 10.6 Å². The van der Waals surface area contributed by atoms with Gasteiger partial charge in [-0.3, -0.25) is 0 Å². The van der Waals surface area contributed by atoms with E-state index in [0.29, 0.717) is 0 Å². The van der Waals surface area contributed by atoms with Gasteiger partial charge in [-0.05, 0) is 26.1 Å². The zero-order valence-corrected chi connectivity index (χ0v) is 14.6. The standard InChI is InChI=1S/C16H19F6N5O/c1-7(16(20,21)22)23-13-25-12(9-3-2-4-10(28)11(9)17)26-14(27-13)24-8-5-15(18,19)6-8/h7-8,10,28H,2-6H2,1H3,(H2,23,24,25,26,27)/t7-,10?/m0/s1/i4D2. The fourth-order valence-electron chi connectivity index (χ4n) is 2.79. The van der Waals surface area contributed by atoms with Crippen LogP contribution in [0.4, 0.5) is 38.2 Å². The molecule has 1 aromatic rings. The highest BCUT2D eigenvalue weighted by Gasteiger charge is 2.45. The maximum Gasteiger partial charge on any atom is 0.408 e. The van der Waals surface area contributed by atoms with Gasteiger partial charge in [0.05, 0.1) is 0 Å². The lowest BCUT2D eigenvalue weighted by atomic mass is 9.88. The Balaban J connectivity index is 1.94. The predicted octanol–water partition coefficient (Wildman–Crippen LogP) is 3.67. The summed E-state index contributed by atoms with van der Waals surface area (Å²) < 4.78 is 94.5. The maximum absolute atomic E-state index is 14.5. The average molecular weight is 413 g/mol. The van der Waals surface area contributed by atoms with Crippen molar-refractivity contribution in [3.05, 3.63) is 11.7 Å². The number of aliphatic hydroxyl groups is 1. The van der Waals surface area contributed by atoms with Gasteiger partial charge in [-0.2, -0.15) is 28.1 Å². The van der Waals surface area contributed by atoms with E-state index >= 15 is 0 Å². The minimum Gasteiger partial charge on any atom is -0.386 e. The Morgan fingerprint density at radius 2 is 1.86 bits per heavy atom. The molecule has 0 aromatic carbocycles. The molecule has 1 heterocycles. The predicted molar refractivity (Wildman–Crippen MR) is 88.4 cm³/mol. The second kappa shape index (κ2) is 7.37. The number of rotatable bonds is 5. The van der Waals surface area contributed by atoms with E-state index in [1.165, 1.54) is 0 Å². The largest absolute Gasteiger partial charge is 0.408 e. The Kier molecular flexibility index (Phi) is 4.73. The average Bonchev–Trinajstić information content (AvgIpc) is 2.57. The Morgan fingerprint density at radius 1 is 1.21 bits per heavy atom. The third-order valence-corrected chi connectivity index (χ3v) is 4.41. The summed E-state index contributed by atoms with van der Waals surface area (Å²) in [5.41, 5.74) is -0.287. The van der Waals surface area contributed by atoms with E-state index in [-0.39, 0.29) is 24.4 Å². The lowest BCUT2D eigenvalue weighted by molar-refractivity contribution is -0.138. The monoisotopic (exact) mass is 413 g/mol. The Labute approximate surface area is 159 Å². The molecule has 12 heteroatoms. The van der Waals surface area contributed by atoms with E-state index in [4.69, 9.17) is 2.74 Å². The highest BCUT2D eigenvalue weighted by molar-refractivity contribution is 5.65. The van der Waals surface area contributed by atoms with Crippen LogP contribution in [0.25, 0.3) is 5.57 Å². The quantitative estimate of drug-likeness (QED) is 0.639. The van der Waals surface area contributed by atoms with Gasteiger partial charge in [0.2, 0.25) is 11.9 Å². The third kappa shape index (κ3) is 4.65. The number of nitrogens with zero attached hydrogens (tertiary/aromatic N) is 3. The van der Waals surface area contributed by atoms with E-state index in [0.717, 1.165) is 6.92 Å². The molecule has 0 saturated heterocycles. The number of alkyl halides is 5. The van der Waals surface area contributed by atoms with Crippen molar-refractivity contribution >= 4 is 17.5 Å². The fraction of sp³-hybridized carbons (Fsp3) is 0.688. The van der Waals surface area contributed by atoms with Crippen molar-refractivity contribution in [2.24, 2.45) is 0 Å². The van der Waals surface area contributed by atoms with Crippen molar-refractivity contribution in [1.82, 2.24) is 15.0 Å². The van der Waals surface area contributed by atoms with Crippen LogP contribution in [-0.4, -0.2) is 50.3 Å². The molecular formula is C16H19F6N5O. The zero-order valence-electron chi connectivity index (χ0n) is 16.6. The van der Waals surface area contributed by atoms with Crippen molar-refractivity contribution in [3.8, 4) is 0 Å². The van der Waals surface area contributed by atoms with E-state index < -0.39 is 67.1 Å². The summed E-state index contributed by atoms with van der Waals surface area (Å²) >= 11 is 0. The molecule has 156 valence electrons. The summed E-state index contributed by atoms with van der Waals surface area (Å²) in [5.74, 6) is -5.42. The molecule has 2 aliphatic carbocycles. The SMILES string of the molecule is [2H]C1([2H])CCC(c2nc(NC3CC(F)(F)C3)nc(N[C@@H](C)C(F)(F)F)n2)=C(F)C1O. The number of aromatic nitrogens is 3. The lowest BCUT2D eigenvalue weighted by Crippen LogP contribution is -2.44. The smallest absolute Gasteiger partial charge is 0.386 e. The van der Waals surface area contributed by atoms with Crippen LogP contribution >= 0.6 is 0 Å². The second-order valence-corrected chi connectivity index (χ2v) is 6.75. The maximum atomic E-state index is 14.5. The molecule has 2 aliphatic rings. The second-order valence-electron chi connectivity index (χ2n) is 6.75. The summed E-state index contributed by atoms with van der Waals surface area (Å²) in [5, 5.41) is 14.4. The summed E-state index contributed by atoms with van der Waals surface area (Å²) in [6.07, 6.45) is -10.5. The molecule has 1 aromatic heterocycles. The normalized spacial score (nSPS) is 26.8. The van der Waals surface area contributed by atoms with Crippen molar-refractivity contribution < 1.29 is 34.2 Å². The number of allylic oxidation sites excluding steroid dienone is 1. The lowest BCUT2D eigenvalue weighted by Gasteiger charge is -2.35. The first-order chi connectivity index (χ1) is 13.7. The summed E-state index contributed by atoms with van der Waals surface area (Å²) in [6.45, 7) is 0.807. The van der Waals surface area contributed by atoms with Crippen LogP contribution in [0.15, 0.2) is 5.83 Å². The van der Waals surface area contributed by atoms with Crippen molar-refractivity contribution in [2.75, 3.05) is 10.6 Å². The number of halogens is 6. The van der Waals surface area contributed by atoms with Gasteiger partial charge in [-0.1, -0.05) is 0 Å². The Bertz CT molecular complexity index is 842. The van der Waals surface area contributed by atoms with Gasteiger partial charge in [0.15, 0.2) is 5.82 Å². The van der Waals surface area contributed by atoms with Gasteiger partial charge in [0.1, 0.15) is 18.0 Å². The van der Waals surface area contributed by atoms with Crippen LogP contribution in [0.1, 0.15) is 47.5 Å². The molecule has 1 unspecified atom stereocenters. The van der Waals surface area contributed by atoms with E-state index in [1.54, 1.807) is 0 Å². The van der Waals surface area contributed by atoms with Crippen LogP contribution in [0.3, 0.4) is 0 Å². The minimum absolute atomic E-state index is 0.227. The molecule has 0 amide bonds. The van der Waals surface area contributed by atoms with Crippen LogP contribution in [0.2, 0.25) is 0 Å². The van der Waals surface area contributed by atoms with Crippen molar-refractivity contribution in [1.29, 1.82) is 0 Å². The van der Waals surface area contributed by atoms with Gasteiger partial charge < -0.3 is 15.7 Å². The third-order valence-electron chi connectivity index (χ3n) is 4.41. The molecule has 28 heavy (non-hydrogen) atoms.